The lowest BCUT2D eigenvalue weighted by atomic mass is 9.89. The van der Waals surface area contributed by atoms with Gasteiger partial charge < -0.3 is 0 Å². The Hall–Kier alpha value is -1.96. The number of aromatic nitrogens is 3. The minimum atomic E-state index is -4.37. The van der Waals surface area contributed by atoms with Gasteiger partial charge in [0, 0.05) is 5.92 Å². The van der Waals surface area contributed by atoms with Crippen molar-refractivity contribution in [1.29, 1.82) is 0 Å². The molecule has 0 atom stereocenters. The molecule has 128 valence electrons. The van der Waals surface area contributed by atoms with Gasteiger partial charge in [-0.1, -0.05) is 31.4 Å². The Morgan fingerprint density at radius 2 is 2.00 bits per heavy atom. The van der Waals surface area contributed by atoms with Crippen LogP contribution < -0.4 is 0 Å². The second-order valence-electron chi connectivity index (χ2n) is 5.90. The van der Waals surface area contributed by atoms with E-state index in [4.69, 9.17) is 12.2 Å². The largest absolute Gasteiger partial charge is 0.416 e. The van der Waals surface area contributed by atoms with Crippen LogP contribution in [0.4, 0.5) is 13.2 Å². The summed E-state index contributed by atoms with van der Waals surface area (Å²) in [5.41, 5.74) is -0.336. The molecule has 0 bridgehead atoms. The maximum Gasteiger partial charge on any atom is 0.416 e. The fourth-order valence-corrected chi connectivity index (χ4v) is 3.15. The first kappa shape index (κ1) is 16.9. The standard InChI is InChI=1S/C16H17F3N4S/c17-16(18,19)13-8-4-5-11(9-13)10-20-23-14(21-22-15(23)24)12-6-2-1-3-7-12/h4-5,8-10,12H,1-3,6-7H2,(H,22,24)/b20-10-. The average molecular weight is 354 g/mol. The van der Waals surface area contributed by atoms with Crippen molar-refractivity contribution >= 4 is 18.4 Å². The van der Waals surface area contributed by atoms with Crippen molar-refractivity contribution in [2.45, 2.75) is 44.2 Å². The summed E-state index contributed by atoms with van der Waals surface area (Å²) in [6, 6.07) is 5.03. The molecule has 0 radical (unpaired) electrons. The van der Waals surface area contributed by atoms with Gasteiger partial charge >= 0.3 is 6.18 Å². The Kier molecular flexibility index (Phi) is 4.84. The van der Waals surface area contributed by atoms with Gasteiger partial charge in [-0.05, 0) is 42.8 Å². The zero-order chi connectivity index (χ0) is 17.2. The quantitative estimate of drug-likeness (QED) is 0.630. The number of rotatable bonds is 3. The lowest BCUT2D eigenvalue weighted by molar-refractivity contribution is -0.137. The van der Waals surface area contributed by atoms with Gasteiger partial charge in [0.05, 0.1) is 11.8 Å². The number of halogens is 3. The molecule has 1 aromatic carbocycles. The van der Waals surface area contributed by atoms with E-state index in [2.05, 4.69) is 15.3 Å². The molecule has 8 heteroatoms. The molecule has 1 heterocycles. The Bertz CT molecular complexity index is 785. The number of H-pyrrole nitrogens is 1. The highest BCUT2D eigenvalue weighted by Gasteiger charge is 2.30. The molecule has 1 aliphatic rings. The summed E-state index contributed by atoms with van der Waals surface area (Å²) in [5, 5.41) is 11.2. The predicted molar refractivity (Wildman–Crippen MR) is 87.7 cm³/mol. The number of hydrogen-bond acceptors (Lipinski definition) is 3. The monoisotopic (exact) mass is 354 g/mol. The average Bonchev–Trinajstić information content (AvgIpc) is 2.94. The van der Waals surface area contributed by atoms with Gasteiger partial charge in [-0.3, -0.25) is 5.10 Å². The molecular formula is C16H17F3N4S. The van der Waals surface area contributed by atoms with Crippen LogP contribution in [0.3, 0.4) is 0 Å². The van der Waals surface area contributed by atoms with Crippen LogP contribution in [0.5, 0.6) is 0 Å². The molecule has 1 aliphatic carbocycles. The van der Waals surface area contributed by atoms with Crippen molar-refractivity contribution in [3.63, 3.8) is 0 Å². The van der Waals surface area contributed by atoms with Gasteiger partial charge in [-0.15, -0.1) is 0 Å². The lowest BCUT2D eigenvalue weighted by Gasteiger charge is -2.19. The second kappa shape index (κ2) is 6.88. The third-order valence-electron chi connectivity index (χ3n) is 4.18. The highest BCUT2D eigenvalue weighted by Crippen LogP contribution is 2.31. The fraction of sp³-hybridized carbons (Fsp3) is 0.438. The van der Waals surface area contributed by atoms with Gasteiger partial charge in [0.1, 0.15) is 0 Å². The van der Waals surface area contributed by atoms with Crippen LogP contribution in [-0.4, -0.2) is 21.1 Å². The molecule has 1 aromatic heterocycles. The third-order valence-corrected chi connectivity index (χ3v) is 4.45. The lowest BCUT2D eigenvalue weighted by Crippen LogP contribution is -2.10. The van der Waals surface area contributed by atoms with Crippen molar-refractivity contribution in [3.8, 4) is 0 Å². The Balaban J connectivity index is 1.87. The summed E-state index contributed by atoms with van der Waals surface area (Å²) >= 11 is 5.19. The highest BCUT2D eigenvalue weighted by atomic mass is 32.1. The maximum atomic E-state index is 12.8. The van der Waals surface area contributed by atoms with E-state index in [-0.39, 0.29) is 5.92 Å². The molecule has 1 N–H and O–H groups in total. The van der Waals surface area contributed by atoms with E-state index >= 15 is 0 Å². The van der Waals surface area contributed by atoms with Crippen molar-refractivity contribution in [3.05, 3.63) is 46.0 Å². The Morgan fingerprint density at radius 1 is 1.25 bits per heavy atom. The molecule has 1 saturated carbocycles. The molecule has 0 unspecified atom stereocenters. The second-order valence-corrected chi connectivity index (χ2v) is 6.29. The van der Waals surface area contributed by atoms with Gasteiger partial charge in [-0.25, -0.2) is 0 Å². The molecule has 3 rings (SSSR count). The van der Waals surface area contributed by atoms with Gasteiger partial charge in [0.15, 0.2) is 5.82 Å². The van der Waals surface area contributed by atoms with Crippen LogP contribution in [-0.2, 0) is 6.18 Å². The fourth-order valence-electron chi connectivity index (χ4n) is 2.96. The van der Waals surface area contributed by atoms with Gasteiger partial charge in [-0.2, -0.15) is 28.0 Å². The van der Waals surface area contributed by atoms with Crippen LogP contribution in [0.1, 0.15) is 55.0 Å². The third kappa shape index (κ3) is 3.75. The van der Waals surface area contributed by atoms with E-state index in [1.807, 2.05) is 0 Å². The number of nitrogens with one attached hydrogen (secondary N) is 1. The van der Waals surface area contributed by atoms with E-state index in [1.165, 1.54) is 23.4 Å². The van der Waals surface area contributed by atoms with E-state index in [9.17, 15) is 13.2 Å². The Morgan fingerprint density at radius 3 is 2.71 bits per heavy atom. The summed E-state index contributed by atoms with van der Waals surface area (Å²) in [7, 11) is 0. The molecule has 2 aromatic rings. The molecule has 0 amide bonds. The van der Waals surface area contributed by atoms with Crippen molar-refractivity contribution in [2.75, 3.05) is 0 Å². The van der Waals surface area contributed by atoms with E-state index in [0.29, 0.717) is 10.3 Å². The molecule has 4 nitrogen and oxygen atoms in total. The van der Waals surface area contributed by atoms with Crippen molar-refractivity contribution in [2.24, 2.45) is 5.10 Å². The molecule has 0 spiro atoms. The minimum Gasteiger partial charge on any atom is -0.250 e. The smallest absolute Gasteiger partial charge is 0.250 e. The molecule has 0 aliphatic heterocycles. The summed E-state index contributed by atoms with van der Waals surface area (Å²) in [4.78, 5) is 0. The number of aromatic amines is 1. The normalized spacial score (nSPS) is 16.8. The predicted octanol–water partition coefficient (Wildman–Crippen LogP) is 4.89. The van der Waals surface area contributed by atoms with Crippen molar-refractivity contribution < 1.29 is 13.2 Å². The molecule has 1 fully saturated rings. The number of hydrogen-bond donors (Lipinski definition) is 1. The first-order chi connectivity index (χ1) is 11.4. The zero-order valence-corrected chi connectivity index (χ0v) is 13.7. The first-order valence-electron chi connectivity index (χ1n) is 7.84. The van der Waals surface area contributed by atoms with E-state index in [0.717, 1.165) is 43.6 Å². The zero-order valence-electron chi connectivity index (χ0n) is 12.9. The van der Waals surface area contributed by atoms with Crippen LogP contribution >= 0.6 is 12.2 Å². The number of benzene rings is 1. The summed E-state index contributed by atoms with van der Waals surface area (Å²) in [6.07, 6.45) is 2.56. The maximum absolute atomic E-state index is 12.8. The SMILES string of the molecule is FC(F)(F)c1cccc(/C=N\n2c(C3CCCCC3)n[nH]c2=S)c1. The van der Waals surface area contributed by atoms with Crippen LogP contribution in [0.25, 0.3) is 0 Å². The number of alkyl halides is 3. The minimum absolute atomic E-state index is 0.283. The first-order valence-corrected chi connectivity index (χ1v) is 8.25. The number of nitrogens with zero attached hydrogens (tertiary/aromatic N) is 3. The molecule has 24 heavy (non-hydrogen) atoms. The van der Waals surface area contributed by atoms with E-state index < -0.39 is 11.7 Å². The summed E-state index contributed by atoms with van der Waals surface area (Å²) < 4.78 is 40.2. The summed E-state index contributed by atoms with van der Waals surface area (Å²) in [5.74, 6) is 1.04. The molecule has 0 saturated heterocycles. The van der Waals surface area contributed by atoms with Gasteiger partial charge in [0.25, 0.3) is 0 Å². The summed E-state index contributed by atoms with van der Waals surface area (Å²) in [6.45, 7) is 0. The Labute approximate surface area is 142 Å². The van der Waals surface area contributed by atoms with Crippen LogP contribution in [0.2, 0.25) is 0 Å². The van der Waals surface area contributed by atoms with Crippen LogP contribution in [0.15, 0.2) is 29.4 Å². The van der Waals surface area contributed by atoms with Gasteiger partial charge in [0.2, 0.25) is 4.77 Å². The highest BCUT2D eigenvalue weighted by molar-refractivity contribution is 7.71. The van der Waals surface area contributed by atoms with E-state index in [1.54, 1.807) is 6.07 Å². The molecular weight excluding hydrogens is 337 g/mol. The topological polar surface area (TPSA) is 46.0 Å². The van der Waals surface area contributed by atoms with Crippen LogP contribution in [0, 0.1) is 4.77 Å². The van der Waals surface area contributed by atoms with Crippen molar-refractivity contribution in [1.82, 2.24) is 14.9 Å².